The van der Waals surface area contributed by atoms with Gasteiger partial charge >= 0.3 is 0 Å². The number of anilines is 2. The summed E-state index contributed by atoms with van der Waals surface area (Å²) in [6, 6.07) is 12.9. The topological polar surface area (TPSA) is 42.1 Å². The number of rotatable bonds is 2. The zero-order valence-corrected chi connectivity index (χ0v) is 11.0. The Morgan fingerprint density at radius 3 is 2.95 bits per heavy atom. The van der Waals surface area contributed by atoms with Gasteiger partial charge in [-0.2, -0.15) is 0 Å². The van der Waals surface area contributed by atoms with Crippen molar-refractivity contribution in [2.45, 2.75) is 25.8 Å². The van der Waals surface area contributed by atoms with Crippen LogP contribution in [0.2, 0.25) is 0 Å². The van der Waals surface area contributed by atoms with Gasteiger partial charge in [-0.3, -0.25) is 4.98 Å². The third-order valence-electron chi connectivity index (χ3n) is 3.68. The number of benzene rings is 1. The van der Waals surface area contributed by atoms with E-state index in [1.54, 1.807) is 0 Å². The molecule has 0 fully saturated rings. The first-order chi connectivity index (χ1) is 9.38. The fraction of sp³-hybridized carbons (Fsp3) is 0.312. The fourth-order valence-corrected chi connectivity index (χ4v) is 2.70. The van der Waals surface area contributed by atoms with Crippen molar-refractivity contribution in [1.82, 2.24) is 4.98 Å². The highest BCUT2D eigenvalue weighted by atomic mass is 15.1. The molecule has 0 amide bonds. The van der Waals surface area contributed by atoms with Crippen LogP contribution in [0.25, 0.3) is 0 Å². The molecule has 0 bridgehead atoms. The van der Waals surface area contributed by atoms with Crippen molar-refractivity contribution in [2.24, 2.45) is 5.73 Å². The summed E-state index contributed by atoms with van der Waals surface area (Å²) >= 11 is 0. The lowest BCUT2D eigenvalue weighted by Crippen LogP contribution is -2.18. The molecule has 3 heteroatoms. The molecule has 1 aromatic heterocycles. The fourth-order valence-electron chi connectivity index (χ4n) is 2.70. The summed E-state index contributed by atoms with van der Waals surface area (Å²) in [5.74, 6) is 0. The summed E-state index contributed by atoms with van der Waals surface area (Å²) in [7, 11) is 0. The summed E-state index contributed by atoms with van der Waals surface area (Å²) in [4.78, 5) is 6.67. The number of hydrogen-bond donors (Lipinski definition) is 1. The van der Waals surface area contributed by atoms with Crippen molar-refractivity contribution in [2.75, 3.05) is 11.4 Å². The second-order valence-electron chi connectivity index (χ2n) is 4.95. The monoisotopic (exact) mass is 253 g/mol. The zero-order valence-electron chi connectivity index (χ0n) is 11.0. The molecule has 0 radical (unpaired) electrons. The molecule has 1 aliphatic heterocycles. The van der Waals surface area contributed by atoms with Crippen molar-refractivity contribution >= 4 is 11.4 Å². The second-order valence-corrected chi connectivity index (χ2v) is 4.95. The van der Waals surface area contributed by atoms with Crippen molar-refractivity contribution in [3.05, 3.63) is 53.9 Å². The first-order valence-corrected chi connectivity index (χ1v) is 6.89. The van der Waals surface area contributed by atoms with Crippen LogP contribution in [-0.2, 0) is 13.0 Å². The molecule has 1 aromatic carbocycles. The third kappa shape index (κ3) is 2.47. The zero-order chi connectivity index (χ0) is 13.1. The van der Waals surface area contributed by atoms with Gasteiger partial charge in [0.15, 0.2) is 0 Å². The summed E-state index contributed by atoms with van der Waals surface area (Å²) < 4.78 is 0. The Hall–Kier alpha value is -1.87. The van der Waals surface area contributed by atoms with E-state index in [2.05, 4.69) is 46.3 Å². The molecule has 19 heavy (non-hydrogen) atoms. The number of fused-ring (bicyclic) bond motifs is 1. The van der Waals surface area contributed by atoms with E-state index < -0.39 is 0 Å². The highest BCUT2D eigenvalue weighted by Gasteiger charge is 2.16. The van der Waals surface area contributed by atoms with E-state index in [1.807, 2.05) is 6.20 Å². The van der Waals surface area contributed by atoms with Crippen LogP contribution in [0.3, 0.4) is 0 Å². The third-order valence-corrected chi connectivity index (χ3v) is 3.68. The number of aryl methyl sites for hydroxylation is 1. The molecule has 3 nitrogen and oxygen atoms in total. The SMILES string of the molecule is NCc1cc(N2CCCCc3ccccc32)ccn1. The standard InChI is InChI=1S/C16H19N3/c17-12-14-11-15(8-9-18-14)19-10-4-3-6-13-5-1-2-7-16(13)19/h1-2,5,7-9,11H,3-4,6,10,12,17H2. The number of hydrogen-bond acceptors (Lipinski definition) is 3. The average molecular weight is 253 g/mol. The molecule has 2 N–H and O–H groups in total. The molecule has 2 heterocycles. The average Bonchev–Trinajstić information content (AvgIpc) is 2.69. The Labute approximate surface area is 114 Å². The molecule has 0 unspecified atom stereocenters. The minimum atomic E-state index is 0.489. The van der Waals surface area contributed by atoms with Gasteiger partial charge in [-0.25, -0.2) is 0 Å². The molecule has 98 valence electrons. The quantitative estimate of drug-likeness (QED) is 0.894. The Kier molecular flexibility index (Phi) is 3.47. The van der Waals surface area contributed by atoms with Crippen molar-refractivity contribution in [3.63, 3.8) is 0 Å². The predicted molar refractivity (Wildman–Crippen MR) is 78.5 cm³/mol. The summed E-state index contributed by atoms with van der Waals surface area (Å²) in [5, 5.41) is 0. The molecule has 0 spiro atoms. The van der Waals surface area contributed by atoms with Gasteiger partial charge in [0.05, 0.1) is 5.69 Å². The van der Waals surface area contributed by atoms with Gasteiger partial charge in [-0.1, -0.05) is 18.2 Å². The normalized spacial score (nSPS) is 14.9. The Morgan fingerprint density at radius 1 is 1.16 bits per heavy atom. The minimum absolute atomic E-state index is 0.489. The molecule has 0 atom stereocenters. The highest BCUT2D eigenvalue weighted by molar-refractivity contribution is 5.67. The van der Waals surface area contributed by atoms with Gasteiger partial charge in [-0.05, 0) is 43.0 Å². The summed E-state index contributed by atoms with van der Waals surface area (Å²) in [6.45, 7) is 1.55. The van der Waals surface area contributed by atoms with E-state index in [0.29, 0.717) is 6.54 Å². The lowest BCUT2D eigenvalue weighted by Gasteiger charge is -2.25. The van der Waals surface area contributed by atoms with Crippen molar-refractivity contribution in [3.8, 4) is 0 Å². The van der Waals surface area contributed by atoms with Gasteiger partial charge in [0.2, 0.25) is 0 Å². The molecular weight excluding hydrogens is 234 g/mol. The molecule has 1 aliphatic rings. The largest absolute Gasteiger partial charge is 0.341 e. The number of pyridine rings is 1. The summed E-state index contributed by atoms with van der Waals surface area (Å²) in [6.07, 6.45) is 5.49. The summed E-state index contributed by atoms with van der Waals surface area (Å²) in [5.41, 5.74) is 10.6. The van der Waals surface area contributed by atoms with Crippen LogP contribution in [0.4, 0.5) is 11.4 Å². The number of nitrogens with two attached hydrogens (primary N) is 1. The van der Waals surface area contributed by atoms with E-state index in [9.17, 15) is 0 Å². The predicted octanol–water partition coefficient (Wildman–Crippen LogP) is 3.01. The van der Waals surface area contributed by atoms with Gasteiger partial charge < -0.3 is 10.6 Å². The Balaban J connectivity index is 2.03. The smallest absolute Gasteiger partial charge is 0.0560 e. The Bertz CT molecular complexity index is 565. The van der Waals surface area contributed by atoms with E-state index in [0.717, 1.165) is 12.2 Å². The minimum Gasteiger partial charge on any atom is -0.341 e. The van der Waals surface area contributed by atoms with E-state index in [4.69, 9.17) is 5.73 Å². The van der Waals surface area contributed by atoms with Crippen molar-refractivity contribution in [1.29, 1.82) is 0 Å². The highest BCUT2D eigenvalue weighted by Crippen LogP contribution is 2.32. The van der Waals surface area contributed by atoms with Gasteiger partial charge in [0.1, 0.15) is 0 Å². The van der Waals surface area contributed by atoms with E-state index in [-0.39, 0.29) is 0 Å². The van der Waals surface area contributed by atoms with E-state index >= 15 is 0 Å². The van der Waals surface area contributed by atoms with Crippen molar-refractivity contribution < 1.29 is 0 Å². The van der Waals surface area contributed by atoms with Crippen LogP contribution in [0.15, 0.2) is 42.6 Å². The maximum absolute atomic E-state index is 5.69. The first kappa shape index (κ1) is 12.2. The van der Waals surface area contributed by atoms with Crippen LogP contribution in [0, 0.1) is 0 Å². The molecule has 0 aliphatic carbocycles. The van der Waals surface area contributed by atoms with Crippen LogP contribution in [0.1, 0.15) is 24.1 Å². The Morgan fingerprint density at radius 2 is 2.05 bits per heavy atom. The lowest BCUT2D eigenvalue weighted by molar-refractivity contribution is 0.760. The number of para-hydroxylation sites is 1. The molecule has 2 aromatic rings. The lowest BCUT2D eigenvalue weighted by atomic mass is 10.1. The van der Waals surface area contributed by atoms with Crippen LogP contribution in [0.5, 0.6) is 0 Å². The van der Waals surface area contributed by atoms with Gasteiger partial charge in [0, 0.05) is 30.7 Å². The van der Waals surface area contributed by atoms with Crippen LogP contribution < -0.4 is 10.6 Å². The molecule has 0 saturated heterocycles. The van der Waals surface area contributed by atoms with Gasteiger partial charge in [0.25, 0.3) is 0 Å². The molecule has 3 rings (SSSR count). The van der Waals surface area contributed by atoms with E-state index in [1.165, 1.54) is 36.2 Å². The molecular formula is C16H19N3. The second kappa shape index (κ2) is 5.41. The van der Waals surface area contributed by atoms with Gasteiger partial charge in [-0.15, -0.1) is 0 Å². The number of aromatic nitrogens is 1. The molecule has 0 saturated carbocycles. The first-order valence-electron chi connectivity index (χ1n) is 6.89. The maximum atomic E-state index is 5.69. The van der Waals surface area contributed by atoms with Crippen LogP contribution >= 0.6 is 0 Å². The maximum Gasteiger partial charge on any atom is 0.0560 e. The van der Waals surface area contributed by atoms with Crippen LogP contribution in [-0.4, -0.2) is 11.5 Å². The number of nitrogens with zero attached hydrogens (tertiary/aromatic N) is 2.